The molecule has 0 aliphatic carbocycles. The van der Waals surface area contributed by atoms with Crippen molar-refractivity contribution in [2.75, 3.05) is 19.8 Å². The van der Waals surface area contributed by atoms with Crippen molar-refractivity contribution in [3.63, 3.8) is 0 Å². The van der Waals surface area contributed by atoms with Crippen molar-refractivity contribution in [2.24, 2.45) is 34.0 Å². The number of carbonyl (C=O) groups is 3. The molecule has 362 valence electrons. The van der Waals surface area contributed by atoms with Gasteiger partial charge in [-0.1, -0.05) is 155 Å². The Hall–Kier alpha value is -4.18. The summed E-state index contributed by atoms with van der Waals surface area (Å²) < 4.78 is 40.1. The highest BCUT2D eigenvalue weighted by Crippen LogP contribution is 2.29. The zero-order valence-electron chi connectivity index (χ0n) is 40.8. The number of aliphatic hydroxyl groups is 4. The zero-order chi connectivity index (χ0) is 50.2. The first kappa shape index (κ1) is 65.4. The van der Waals surface area contributed by atoms with E-state index in [1.807, 2.05) is 123 Å². The summed E-state index contributed by atoms with van der Waals surface area (Å²) in [6.45, 7) is 30.7. The SMILES string of the molecule is C/C=C/C=C/C(=O)O.C/C=C/C=C/C(=O)OC(C(C)C)C(C)(C)CO.C/C=C/C=C/C(=O)OCC(C)(C)C(O)C(C)C.CC(C)C(O)C(C)(C)CO.Cc1ccc(S(=O)(=O)O)cc1. The van der Waals surface area contributed by atoms with Gasteiger partial charge >= 0.3 is 17.9 Å². The van der Waals surface area contributed by atoms with Crippen molar-refractivity contribution in [3.8, 4) is 0 Å². The first-order valence-corrected chi connectivity index (χ1v) is 22.4. The lowest BCUT2D eigenvalue weighted by molar-refractivity contribution is -0.154. The Morgan fingerprint density at radius 2 is 1.00 bits per heavy atom. The van der Waals surface area contributed by atoms with Crippen LogP contribution in [0.2, 0.25) is 0 Å². The molecule has 1 aromatic carbocycles. The summed E-state index contributed by atoms with van der Waals surface area (Å²) in [6.07, 6.45) is 18.0. The Labute approximate surface area is 379 Å². The summed E-state index contributed by atoms with van der Waals surface area (Å²) >= 11 is 0. The molecule has 0 saturated heterocycles. The molecule has 0 fully saturated rings. The number of rotatable bonds is 18. The molecule has 3 atom stereocenters. The van der Waals surface area contributed by atoms with E-state index in [1.54, 1.807) is 48.6 Å². The lowest BCUT2D eigenvalue weighted by Gasteiger charge is -2.34. The standard InChI is InChI=1S/2C14H24O3.C8H18O2.C7H8O3S.C6H8O2/c1-6-7-8-9-12(15)17-10-14(4,5)13(16)11(2)3;1-6-7-8-9-12(16)17-13(11(2)3)14(4,5)10-15;1-6(2)7(10)8(3,4)5-9;1-6-2-4-7(5-3-6)11(8,9)10;1-2-3-4-5-6(7)8/h6-9,11,13,16H,10H2,1-5H3;6-9,11,13,15H,10H2,1-5H3;6-7,9-10H,5H2,1-4H3;2-5H,1H3,(H,8,9,10);2-5H,1H3,(H,7,8)/b2*7-6+,9-8+;;;3-2+,5-4+. The zero-order valence-corrected chi connectivity index (χ0v) is 41.6. The van der Waals surface area contributed by atoms with Gasteiger partial charge in [0.05, 0.1) is 36.9 Å². The van der Waals surface area contributed by atoms with E-state index in [1.165, 1.54) is 30.4 Å². The summed E-state index contributed by atoms with van der Waals surface area (Å²) in [5.41, 5.74) is -0.276. The van der Waals surface area contributed by atoms with Crippen LogP contribution in [0.4, 0.5) is 0 Å². The van der Waals surface area contributed by atoms with E-state index in [-0.39, 0.29) is 65.9 Å². The van der Waals surface area contributed by atoms with E-state index in [0.29, 0.717) is 0 Å². The molecule has 0 aliphatic rings. The molecule has 6 N–H and O–H groups in total. The second-order valence-corrected chi connectivity index (χ2v) is 19.1. The van der Waals surface area contributed by atoms with Crippen LogP contribution < -0.4 is 0 Å². The number of carboxylic acid groups (broad SMARTS) is 1. The van der Waals surface area contributed by atoms with Crippen LogP contribution >= 0.6 is 0 Å². The number of aliphatic carboxylic acids is 1. The van der Waals surface area contributed by atoms with E-state index in [0.717, 1.165) is 11.6 Å². The molecular weight excluding hydrogens is 829 g/mol. The van der Waals surface area contributed by atoms with Crippen LogP contribution in [0.15, 0.2) is 102 Å². The third-order valence-electron chi connectivity index (χ3n) is 8.82. The van der Waals surface area contributed by atoms with Gasteiger partial charge in [0.1, 0.15) is 6.10 Å². The Kier molecular flexibility index (Phi) is 35.6. The predicted molar refractivity (Wildman–Crippen MR) is 253 cm³/mol. The molecule has 0 bridgehead atoms. The fraction of sp³-hybridized carbons (Fsp3) is 0.571. The minimum atomic E-state index is -4.02. The number of aryl methyl sites for hydroxylation is 1. The number of benzene rings is 1. The van der Waals surface area contributed by atoms with Crippen molar-refractivity contribution in [1.82, 2.24) is 0 Å². The van der Waals surface area contributed by atoms with Gasteiger partial charge in [-0.25, -0.2) is 14.4 Å². The van der Waals surface area contributed by atoms with Crippen LogP contribution in [-0.4, -0.2) is 94.5 Å². The number of hydrogen-bond acceptors (Lipinski definition) is 11. The Morgan fingerprint density at radius 1 is 0.619 bits per heavy atom. The van der Waals surface area contributed by atoms with Gasteiger partial charge in [-0.3, -0.25) is 4.55 Å². The topological polar surface area (TPSA) is 225 Å². The largest absolute Gasteiger partial charge is 0.478 e. The molecule has 3 unspecified atom stereocenters. The second-order valence-electron chi connectivity index (χ2n) is 17.6. The third-order valence-corrected chi connectivity index (χ3v) is 9.69. The first-order valence-electron chi connectivity index (χ1n) is 20.9. The minimum Gasteiger partial charge on any atom is -0.478 e. The molecule has 1 rings (SSSR count). The van der Waals surface area contributed by atoms with Crippen molar-refractivity contribution in [2.45, 2.75) is 134 Å². The van der Waals surface area contributed by atoms with Gasteiger partial charge in [-0.2, -0.15) is 8.42 Å². The number of ether oxygens (including phenoxy) is 2. The molecule has 14 heteroatoms. The highest BCUT2D eigenvalue weighted by Gasteiger charge is 2.34. The van der Waals surface area contributed by atoms with E-state index in [9.17, 15) is 38.1 Å². The van der Waals surface area contributed by atoms with Crippen LogP contribution in [0.5, 0.6) is 0 Å². The number of aliphatic hydroxyl groups excluding tert-OH is 4. The van der Waals surface area contributed by atoms with Crippen LogP contribution in [0.1, 0.15) is 109 Å². The lowest BCUT2D eigenvalue weighted by atomic mass is 9.81. The van der Waals surface area contributed by atoms with E-state index in [2.05, 4.69) is 0 Å². The maximum atomic E-state index is 11.6. The van der Waals surface area contributed by atoms with E-state index < -0.39 is 39.1 Å². The highest BCUT2D eigenvalue weighted by molar-refractivity contribution is 7.85. The number of esters is 2. The second kappa shape index (κ2) is 34.3. The van der Waals surface area contributed by atoms with Crippen molar-refractivity contribution in [3.05, 3.63) is 103 Å². The van der Waals surface area contributed by atoms with Gasteiger partial charge < -0.3 is 35.0 Å². The first-order chi connectivity index (χ1) is 28.8. The smallest absolute Gasteiger partial charge is 0.331 e. The van der Waals surface area contributed by atoms with Crippen LogP contribution in [0.25, 0.3) is 0 Å². The fourth-order valence-electron chi connectivity index (χ4n) is 5.19. The molecule has 0 aromatic heterocycles. The average Bonchev–Trinajstić information content (AvgIpc) is 3.19. The summed E-state index contributed by atoms with van der Waals surface area (Å²) in [5, 5.41) is 45.6. The molecule has 63 heavy (non-hydrogen) atoms. The van der Waals surface area contributed by atoms with Crippen molar-refractivity contribution < 1.29 is 62.4 Å². The highest BCUT2D eigenvalue weighted by atomic mass is 32.2. The summed E-state index contributed by atoms with van der Waals surface area (Å²) in [5.74, 6) is -1.15. The van der Waals surface area contributed by atoms with Crippen molar-refractivity contribution >= 4 is 28.0 Å². The van der Waals surface area contributed by atoms with Crippen LogP contribution in [0, 0.1) is 40.9 Å². The number of carboxylic acids is 1. The Balaban J connectivity index is -0.000000355. The predicted octanol–water partition coefficient (Wildman–Crippen LogP) is 8.88. The van der Waals surface area contributed by atoms with Gasteiger partial charge in [0.2, 0.25) is 0 Å². The Morgan fingerprint density at radius 3 is 1.32 bits per heavy atom. The average molecular weight is 911 g/mol. The molecule has 0 spiro atoms. The molecule has 0 amide bonds. The number of carbonyl (C=O) groups excluding carboxylic acids is 2. The maximum Gasteiger partial charge on any atom is 0.331 e. The van der Waals surface area contributed by atoms with Crippen LogP contribution in [0.3, 0.4) is 0 Å². The number of allylic oxidation sites excluding steroid dienone is 9. The van der Waals surface area contributed by atoms with Gasteiger partial charge in [-0.05, 0) is 57.6 Å². The molecular formula is C49H82O13S. The van der Waals surface area contributed by atoms with Gasteiger partial charge in [0, 0.05) is 34.5 Å². The lowest BCUT2D eigenvalue weighted by Crippen LogP contribution is -2.40. The summed E-state index contributed by atoms with van der Waals surface area (Å²) in [7, 11) is -4.02. The minimum absolute atomic E-state index is 0.0122. The quantitative estimate of drug-likeness (QED) is 0.0351. The number of hydrogen-bond donors (Lipinski definition) is 6. The molecule has 0 aliphatic heterocycles. The van der Waals surface area contributed by atoms with Gasteiger partial charge in [0.25, 0.3) is 10.1 Å². The molecule has 0 radical (unpaired) electrons. The molecule has 0 saturated carbocycles. The molecule has 13 nitrogen and oxygen atoms in total. The molecule has 1 aromatic rings. The van der Waals surface area contributed by atoms with Gasteiger partial charge in [0.15, 0.2) is 0 Å². The van der Waals surface area contributed by atoms with Crippen molar-refractivity contribution in [1.29, 1.82) is 0 Å². The summed E-state index contributed by atoms with van der Waals surface area (Å²) in [4.78, 5) is 32.6. The normalized spacial score (nSPS) is 13.9. The monoisotopic (exact) mass is 911 g/mol. The van der Waals surface area contributed by atoms with Gasteiger partial charge in [-0.15, -0.1) is 0 Å². The van der Waals surface area contributed by atoms with E-state index >= 15 is 0 Å². The third kappa shape index (κ3) is 34.0. The van der Waals surface area contributed by atoms with Crippen LogP contribution in [-0.2, 0) is 34.0 Å². The summed E-state index contributed by atoms with van der Waals surface area (Å²) in [6, 6.07) is 5.99. The fourth-order valence-corrected chi connectivity index (χ4v) is 5.67. The Bertz CT molecular complexity index is 1690. The molecule has 0 heterocycles. The van der Waals surface area contributed by atoms with E-state index in [4.69, 9.17) is 24.2 Å². The maximum absolute atomic E-state index is 11.6.